The van der Waals surface area contributed by atoms with Crippen molar-refractivity contribution in [2.45, 2.75) is 25.7 Å². The van der Waals surface area contributed by atoms with Crippen LogP contribution in [-0.2, 0) is 0 Å². The van der Waals surface area contributed by atoms with Crippen molar-refractivity contribution < 1.29 is 0 Å². The Morgan fingerprint density at radius 2 is 2.05 bits per heavy atom. The summed E-state index contributed by atoms with van der Waals surface area (Å²) >= 11 is 0. The first-order chi connectivity index (χ1) is 9.31. The second-order valence-corrected chi connectivity index (χ2v) is 5.74. The summed E-state index contributed by atoms with van der Waals surface area (Å²) in [5.41, 5.74) is 0.260. The first kappa shape index (κ1) is 11.0. The van der Waals surface area contributed by atoms with E-state index in [9.17, 15) is 4.79 Å². The lowest BCUT2D eigenvalue weighted by Gasteiger charge is -2.16. The van der Waals surface area contributed by atoms with Gasteiger partial charge >= 0.3 is 5.69 Å². The molecule has 0 unspecified atom stereocenters. The van der Waals surface area contributed by atoms with E-state index in [0.717, 1.165) is 30.1 Å². The van der Waals surface area contributed by atoms with E-state index >= 15 is 0 Å². The molecule has 2 heterocycles. The molecule has 0 aromatic carbocycles. The molecule has 4 rings (SSSR count). The average Bonchev–Trinajstić information content (AvgIpc) is 3.32. The smallest absolute Gasteiger partial charge is 0.364 e. The number of H-pyrrole nitrogens is 1. The fourth-order valence-electron chi connectivity index (χ4n) is 2.89. The van der Waals surface area contributed by atoms with Gasteiger partial charge in [-0.25, -0.2) is 9.89 Å². The predicted octanol–water partition coefficient (Wildman–Crippen LogP) is 1.27. The van der Waals surface area contributed by atoms with Crippen LogP contribution < -0.4 is 11.0 Å². The molecule has 2 aliphatic rings. The van der Waals surface area contributed by atoms with Gasteiger partial charge < -0.3 is 5.32 Å². The number of anilines is 1. The van der Waals surface area contributed by atoms with Crippen LogP contribution in [0.5, 0.6) is 0 Å². The van der Waals surface area contributed by atoms with Crippen LogP contribution in [0.25, 0.3) is 5.65 Å². The molecule has 0 saturated heterocycles. The summed E-state index contributed by atoms with van der Waals surface area (Å²) in [6, 6.07) is 3.68. The number of rotatable bonds is 5. The van der Waals surface area contributed by atoms with Crippen molar-refractivity contribution in [3.63, 3.8) is 0 Å². The molecular weight excluding hydrogens is 242 g/mol. The first-order valence-corrected chi connectivity index (χ1v) is 6.99. The van der Waals surface area contributed by atoms with Crippen molar-refractivity contribution in [3.8, 4) is 0 Å². The monoisotopic (exact) mass is 259 g/mol. The minimum absolute atomic E-state index is 0.292. The highest BCUT2D eigenvalue weighted by Crippen LogP contribution is 2.49. The van der Waals surface area contributed by atoms with Gasteiger partial charge in [-0.05, 0) is 55.6 Å². The molecule has 0 aliphatic heterocycles. The number of aromatic nitrogens is 4. The van der Waals surface area contributed by atoms with Crippen LogP contribution in [0.4, 0.5) is 5.82 Å². The van der Waals surface area contributed by atoms with Gasteiger partial charge in [0.2, 0.25) is 0 Å². The summed E-state index contributed by atoms with van der Waals surface area (Å²) in [5.74, 6) is 3.38. The average molecular weight is 259 g/mol. The third kappa shape index (κ3) is 2.11. The Hall–Kier alpha value is -1.85. The van der Waals surface area contributed by atoms with Crippen LogP contribution >= 0.6 is 0 Å². The van der Waals surface area contributed by atoms with Crippen molar-refractivity contribution in [2.24, 2.45) is 17.8 Å². The van der Waals surface area contributed by atoms with E-state index in [0.29, 0.717) is 5.65 Å². The van der Waals surface area contributed by atoms with Gasteiger partial charge in [0, 0.05) is 6.54 Å². The van der Waals surface area contributed by atoms with Crippen LogP contribution in [0.2, 0.25) is 0 Å². The van der Waals surface area contributed by atoms with Crippen LogP contribution in [0.1, 0.15) is 25.7 Å². The molecule has 0 amide bonds. The molecule has 6 heteroatoms. The molecule has 2 aromatic heterocycles. The third-order valence-electron chi connectivity index (χ3n) is 4.25. The Kier molecular flexibility index (Phi) is 2.36. The van der Waals surface area contributed by atoms with E-state index in [1.165, 1.54) is 30.2 Å². The van der Waals surface area contributed by atoms with E-state index in [4.69, 9.17) is 0 Å². The summed E-state index contributed by atoms with van der Waals surface area (Å²) in [6.45, 7) is 0.973. The first-order valence-electron chi connectivity index (χ1n) is 6.99. The zero-order chi connectivity index (χ0) is 12.8. The van der Waals surface area contributed by atoms with Gasteiger partial charge in [-0.15, -0.1) is 5.10 Å². The Labute approximate surface area is 110 Å². The van der Waals surface area contributed by atoms with Gasteiger partial charge in [-0.2, -0.15) is 9.61 Å². The summed E-state index contributed by atoms with van der Waals surface area (Å²) in [6.07, 6.45) is 5.54. The number of fused-ring (bicyclic) bond motifs is 1. The number of hydrogen-bond acceptors (Lipinski definition) is 4. The molecule has 2 fully saturated rings. The maximum Gasteiger partial charge on any atom is 0.364 e. The van der Waals surface area contributed by atoms with Gasteiger partial charge in [0.1, 0.15) is 5.82 Å². The SMILES string of the molecule is O=c1[nH]nc2ccc(NCC(C3CC3)C3CC3)nn12. The molecule has 6 nitrogen and oxygen atoms in total. The highest BCUT2D eigenvalue weighted by atomic mass is 16.2. The Morgan fingerprint density at radius 1 is 1.32 bits per heavy atom. The topological polar surface area (TPSA) is 75.1 Å². The summed E-state index contributed by atoms with van der Waals surface area (Å²) in [4.78, 5) is 11.5. The maximum atomic E-state index is 11.5. The Bertz CT molecular complexity index is 640. The molecular formula is C13H17N5O. The standard InChI is InChI=1S/C13H17N5O/c19-13-16-15-12-6-5-11(17-18(12)13)14-7-10(8-1-2-8)9-3-4-9/h5-6,8-10H,1-4,7H2,(H,14,17)(H,16,19). The Balaban J connectivity index is 1.50. The van der Waals surface area contributed by atoms with Crippen molar-refractivity contribution >= 4 is 11.5 Å². The van der Waals surface area contributed by atoms with Crippen molar-refractivity contribution in [2.75, 3.05) is 11.9 Å². The zero-order valence-electron chi connectivity index (χ0n) is 10.7. The highest BCUT2D eigenvalue weighted by molar-refractivity contribution is 5.42. The third-order valence-corrected chi connectivity index (χ3v) is 4.25. The highest BCUT2D eigenvalue weighted by Gasteiger charge is 2.41. The van der Waals surface area contributed by atoms with Crippen LogP contribution in [0.3, 0.4) is 0 Å². The van der Waals surface area contributed by atoms with Crippen LogP contribution in [0.15, 0.2) is 16.9 Å². The molecule has 19 heavy (non-hydrogen) atoms. The molecule has 0 bridgehead atoms. The zero-order valence-corrected chi connectivity index (χ0v) is 10.7. The predicted molar refractivity (Wildman–Crippen MR) is 71.0 cm³/mol. The lowest BCUT2D eigenvalue weighted by Crippen LogP contribution is -2.20. The molecule has 2 N–H and O–H groups in total. The second-order valence-electron chi connectivity index (χ2n) is 5.74. The normalized spacial score (nSPS) is 19.2. The summed E-state index contributed by atoms with van der Waals surface area (Å²) in [5, 5.41) is 13.9. The van der Waals surface area contributed by atoms with E-state index < -0.39 is 0 Å². The molecule has 0 spiro atoms. The van der Waals surface area contributed by atoms with Gasteiger partial charge in [-0.3, -0.25) is 0 Å². The number of nitrogens with zero attached hydrogens (tertiary/aromatic N) is 3. The number of hydrogen-bond donors (Lipinski definition) is 2. The molecule has 2 aliphatic carbocycles. The molecule has 0 atom stereocenters. The van der Waals surface area contributed by atoms with E-state index in [1.807, 2.05) is 6.07 Å². The minimum atomic E-state index is -0.292. The number of nitrogens with one attached hydrogen (secondary N) is 2. The van der Waals surface area contributed by atoms with Gasteiger partial charge in [-0.1, -0.05) is 0 Å². The molecule has 100 valence electrons. The minimum Gasteiger partial charge on any atom is -0.368 e. The lowest BCUT2D eigenvalue weighted by molar-refractivity contribution is 0.427. The fraction of sp³-hybridized carbons (Fsp3) is 0.615. The Morgan fingerprint density at radius 3 is 2.74 bits per heavy atom. The largest absolute Gasteiger partial charge is 0.368 e. The second kappa shape index (κ2) is 4.08. The summed E-state index contributed by atoms with van der Waals surface area (Å²) < 4.78 is 1.30. The van der Waals surface area contributed by atoms with Crippen LogP contribution in [-0.4, -0.2) is 26.4 Å². The summed E-state index contributed by atoms with van der Waals surface area (Å²) in [7, 11) is 0. The number of aromatic amines is 1. The lowest BCUT2D eigenvalue weighted by atomic mass is 9.98. The van der Waals surface area contributed by atoms with Crippen molar-refractivity contribution in [3.05, 3.63) is 22.6 Å². The quantitative estimate of drug-likeness (QED) is 0.847. The molecule has 2 saturated carbocycles. The van der Waals surface area contributed by atoms with Gasteiger partial charge in [0.05, 0.1) is 0 Å². The fourth-order valence-corrected chi connectivity index (χ4v) is 2.89. The molecule has 2 aromatic rings. The maximum absolute atomic E-state index is 11.5. The van der Waals surface area contributed by atoms with Crippen molar-refractivity contribution in [1.29, 1.82) is 0 Å². The van der Waals surface area contributed by atoms with E-state index in [-0.39, 0.29) is 5.69 Å². The van der Waals surface area contributed by atoms with Gasteiger partial charge in [0.25, 0.3) is 0 Å². The van der Waals surface area contributed by atoms with E-state index in [1.54, 1.807) is 6.07 Å². The van der Waals surface area contributed by atoms with Gasteiger partial charge in [0.15, 0.2) is 5.65 Å². The van der Waals surface area contributed by atoms with E-state index in [2.05, 4.69) is 20.6 Å². The molecule has 0 radical (unpaired) electrons. The van der Waals surface area contributed by atoms with Crippen LogP contribution in [0, 0.1) is 17.8 Å². The van der Waals surface area contributed by atoms with Crippen molar-refractivity contribution in [1.82, 2.24) is 19.8 Å².